The van der Waals surface area contributed by atoms with Crippen LogP contribution in [0.15, 0.2) is 22.4 Å². The van der Waals surface area contributed by atoms with Crippen molar-refractivity contribution in [2.75, 3.05) is 0 Å². The zero-order valence-electron chi connectivity index (χ0n) is 7.02. The molecule has 2 aromatic rings. The monoisotopic (exact) mass is 219 g/mol. The van der Waals surface area contributed by atoms with Crippen molar-refractivity contribution in [3.63, 3.8) is 0 Å². The Morgan fingerprint density at radius 2 is 2.36 bits per heavy atom. The maximum absolute atomic E-state index is 10.8. The first-order valence-corrected chi connectivity index (χ1v) is 5.19. The third-order valence-corrected chi connectivity index (χ3v) is 3.45. The van der Waals surface area contributed by atoms with E-state index in [1.807, 2.05) is 17.5 Å². The van der Waals surface area contributed by atoms with Crippen LogP contribution in [0.25, 0.3) is 10.1 Å². The van der Waals surface area contributed by atoms with E-state index >= 15 is 0 Å². The first-order valence-electron chi connectivity index (χ1n) is 3.86. The second-order valence-electron chi connectivity index (χ2n) is 2.75. The van der Waals surface area contributed by atoms with Gasteiger partial charge in [-0.1, -0.05) is 0 Å². The number of benzene rings is 1. The quantitative estimate of drug-likeness (QED) is 0.592. The third kappa shape index (κ3) is 1.22. The molecule has 0 unspecified atom stereocenters. The lowest BCUT2D eigenvalue weighted by atomic mass is 10.1. The van der Waals surface area contributed by atoms with E-state index in [-0.39, 0.29) is 0 Å². The molecule has 2 nitrogen and oxygen atoms in total. The van der Waals surface area contributed by atoms with Gasteiger partial charge in [0.25, 0.3) is 0 Å². The fourth-order valence-electron chi connectivity index (χ4n) is 1.36. The zero-order valence-corrected chi connectivity index (χ0v) is 8.73. The van der Waals surface area contributed by atoms with Gasteiger partial charge in [-0.05, 0) is 17.5 Å². The highest BCUT2D eigenvalue weighted by molar-refractivity contribution is 7.80. The molecule has 0 aliphatic carbocycles. The van der Waals surface area contributed by atoms with E-state index < -0.39 is 0 Å². The number of nitriles is 1. The number of carbonyl (C=O) groups excluding carboxylic acids is 1. The molecule has 14 heavy (non-hydrogen) atoms. The van der Waals surface area contributed by atoms with Crippen LogP contribution in [0.5, 0.6) is 0 Å². The molecule has 1 heterocycles. The number of nitrogens with zero attached hydrogens (tertiary/aromatic N) is 1. The van der Waals surface area contributed by atoms with Gasteiger partial charge in [0, 0.05) is 20.5 Å². The summed E-state index contributed by atoms with van der Waals surface area (Å²) < 4.78 is 0.953. The highest BCUT2D eigenvalue weighted by atomic mass is 32.1. The number of hydrogen-bond donors (Lipinski definition) is 1. The van der Waals surface area contributed by atoms with Crippen LogP contribution in [0.1, 0.15) is 15.9 Å². The Balaban J connectivity index is 2.97. The molecule has 2 rings (SSSR count). The Kier molecular flexibility index (Phi) is 2.28. The fraction of sp³-hybridized carbons (Fsp3) is 0. The molecular formula is C10H5NOS2. The number of rotatable bonds is 1. The maximum Gasteiger partial charge on any atom is 0.152 e. The summed E-state index contributed by atoms with van der Waals surface area (Å²) in [6.45, 7) is 0. The van der Waals surface area contributed by atoms with Crippen molar-refractivity contribution in [2.24, 2.45) is 0 Å². The smallest absolute Gasteiger partial charge is 0.152 e. The standard InChI is InChI=1S/C10H5NOS2/c11-4-6-3-9(13)10-7(1-2-14-10)8(6)5-12/h1-3,5,13H. The molecule has 0 aliphatic rings. The lowest BCUT2D eigenvalue weighted by Crippen LogP contribution is -1.88. The van der Waals surface area contributed by atoms with Gasteiger partial charge in [0.1, 0.15) is 0 Å². The van der Waals surface area contributed by atoms with Crippen molar-refractivity contribution < 1.29 is 4.79 Å². The summed E-state index contributed by atoms with van der Waals surface area (Å²) in [7, 11) is 0. The minimum absolute atomic E-state index is 0.385. The highest BCUT2D eigenvalue weighted by Crippen LogP contribution is 2.31. The van der Waals surface area contributed by atoms with E-state index in [0.717, 1.165) is 21.3 Å². The molecule has 4 heteroatoms. The average molecular weight is 219 g/mol. The Morgan fingerprint density at radius 1 is 1.57 bits per heavy atom. The molecular weight excluding hydrogens is 214 g/mol. The Morgan fingerprint density at radius 3 is 3.00 bits per heavy atom. The average Bonchev–Trinajstić information content (AvgIpc) is 2.66. The third-order valence-electron chi connectivity index (χ3n) is 2.00. The van der Waals surface area contributed by atoms with Crippen LogP contribution < -0.4 is 0 Å². The summed E-state index contributed by atoms with van der Waals surface area (Å²) in [6, 6.07) is 5.46. The van der Waals surface area contributed by atoms with Gasteiger partial charge in [0.15, 0.2) is 6.29 Å². The Labute approximate surface area is 90.2 Å². The van der Waals surface area contributed by atoms with Crippen molar-refractivity contribution in [3.8, 4) is 6.07 Å². The molecule has 0 spiro atoms. The van der Waals surface area contributed by atoms with Gasteiger partial charge in [-0.15, -0.1) is 24.0 Å². The van der Waals surface area contributed by atoms with Crippen LogP contribution >= 0.6 is 24.0 Å². The van der Waals surface area contributed by atoms with E-state index in [2.05, 4.69) is 12.6 Å². The predicted octanol–water partition coefficient (Wildman–Crippen LogP) is 2.87. The van der Waals surface area contributed by atoms with Crippen LogP contribution in [0.4, 0.5) is 0 Å². The summed E-state index contributed by atoms with van der Waals surface area (Å²) in [5.41, 5.74) is 0.845. The number of hydrogen-bond acceptors (Lipinski definition) is 4. The van der Waals surface area contributed by atoms with Crippen molar-refractivity contribution >= 4 is 40.3 Å². The van der Waals surface area contributed by atoms with Gasteiger partial charge in [-0.25, -0.2) is 0 Å². The molecule has 0 amide bonds. The number of carbonyl (C=O) groups is 1. The number of thiophene rings is 1. The van der Waals surface area contributed by atoms with E-state index in [9.17, 15) is 4.79 Å². The van der Waals surface area contributed by atoms with Gasteiger partial charge in [0.05, 0.1) is 11.6 Å². The van der Waals surface area contributed by atoms with E-state index in [1.165, 1.54) is 11.3 Å². The summed E-state index contributed by atoms with van der Waals surface area (Å²) in [5, 5.41) is 11.5. The molecule has 0 bridgehead atoms. The molecule has 0 saturated carbocycles. The molecule has 1 aromatic heterocycles. The highest BCUT2D eigenvalue weighted by Gasteiger charge is 2.10. The van der Waals surface area contributed by atoms with Crippen molar-refractivity contribution in [1.82, 2.24) is 0 Å². The van der Waals surface area contributed by atoms with Crippen LogP contribution in [-0.4, -0.2) is 6.29 Å². The lowest BCUT2D eigenvalue weighted by Gasteiger charge is -2.00. The first kappa shape index (κ1) is 9.25. The molecule has 0 aliphatic heterocycles. The van der Waals surface area contributed by atoms with E-state index in [4.69, 9.17) is 5.26 Å². The van der Waals surface area contributed by atoms with Gasteiger partial charge in [-0.2, -0.15) is 5.26 Å². The summed E-state index contributed by atoms with van der Waals surface area (Å²) in [6.07, 6.45) is 0.723. The Bertz CT molecular complexity index is 551. The summed E-state index contributed by atoms with van der Waals surface area (Å²) in [4.78, 5) is 11.6. The first-order chi connectivity index (χ1) is 6.77. The second kappa shape index (κ2) is 3.45. The largest absolute Gasteiger partial charge is 0.298 e. The number of thiol groups is 1. The maximum atomic E-state index is 10.8. The van der Waals surface area contributed by atoms with E-state index in [1.54, 1.807) is 6.07 Å². The minimum Gasteiger partial charge on any atom is -0.298 e. The van der Waals surface area contributed by atoms with Crippen molar-refractivity contribution in [3.05, 3.63) is 28.6 Å². The molecule has 0 saturated heterocycles. The zero-order chi connectivity index (χ0) is 10.1. The summed E-state index contributed by atoms with van der Waals surface area (Å²) >= 11 is 5.79. The SMILES string of the molecule is N#Cc1cc(S)c2sccc2c1C=O. The summed E-state index contributed by atoms with van der Waals surface area (Å²) in [5.74, 6) is 0. The number of aldehydes is 1. The van der Waals surface area contributed by atoms with Crippen LogP contribution in [0, 0.1) is 11.3 Å². The normalized spacial score (nSPS) is 10.0. The fourth-order valence-corrected chi connectivity index (χ4v) is 2.60. The Hall–Kier alpha value is -1.31. The molecule has 0 N–H and O–H groups in total. The molecule has 68 valence electrons. The van der Waals surface area contributed by atoms with Gasteiger partial charge >= 0.3 is 0 Å². The molecule has 0 fully saturated rings. The van der Waals surface area contributed by atoms with Crippen LogP contribution in [0.3, 0.4) is 0 Å². The lowest BCUT2D eigenvalue weighted by molar-refractivity contribution is 0.112. The topological polar surface area (TPSA) is 40.9 Å². The van der Waals surface area contributed by atoms with Gasteiger partial charge in [-0.3, -0.25) is 4.79 Å². The van der Waals surface area contributed by atoms with Crippen molar-refractivity contribution in [1.29, 1.82) is 5.26 Å². The van der Waals surface area contributed by atoms with Gasteiger partial charge < -0.3 is 0 Å². The van der Waals surface area contributed by atoms with Crippen LogP contribution in [-0.2, 0) is 0 Å². The molecule has 1 aromatic carbocycles. The second-order valence-corrected chi connectivity index (χ2v) is 4.15. The minimum atomic E-state index is 0.385. The van der Waals surface area contributed by atoms with Crippen LogP contribution in [0.2, 0.25) is 0 Å². The predicted molar refractivity (Wildman–Crippen MR) is 59.2 cm³/mol. The van der Waals surface area contributed by atoms with E-state index in [0.29, 0.717) is 11.1 Å². The number of fused-ring (bicyclic) bond motifs is 1. The molecule has 0 radical (unpaired) electrons. The molecule has 0 atom stereocenters. The van der Waals surface area contributed by atoms with Crippen molar-refractivity contribution in [2.45, 2.75) is 4.90 Å². The van der Waals surface area contributed by atoms with Gasteiger partial charge in [0.2, 0.25) is 0 Å².